The van der Waals surface area contributed by atoms with Crippen LogP contribution < -0.4 is 9.80 Å². The van der Waals surface area contributed by atoms with Crippen molar-refractivity contribution in [3.8, 4) is 19.5 Å². The first-order valence-electron chi connectivity index (χ1n) is 11.3. The minimum absolute atomic E-state index is 0.311. The molecule has 37 heavy (non-hydrogen) atoms. The molecule has 0 saturated carbocycles. The molecule has 2 aliphatic heterocycles. The molecule has 0 bridgehead atoms. The molecule has 0 aliphatic carbocycles. The number of carbonyl (C=O) groups is 4. The number of anilines is 2. The van der Waals surface area contributed by atoms with Gasteiger partial charge in [-0.25, -0.2) is 9.80 Å². The average Bonchev–Trinajstić information content (AvgIpc) is 3.72. The third-order valence-electron chi connectivity index (χ3n) is 6.25. The van der Waals surface area contributed by atoms with Gasteiger partial charge in [-0.3, -0.25) is 19.2 Å². The normalized spacial score (nSPS) is 14.6. The molecule has 0 fully saturated rings. The second-order valence-corrected chi connectivity index (χ2v) is 11.6. The molecule has 9 heteroatoms. The number of amides is 4. The van der Waals surface area contributed by atoms with Crippen LogP contribution in [0, 0.1) is 0 Å². The molecule has 7 rings (SSSR count). The summed E-state index contributed by atoms with van der Waals surface area (Å²) in [5, 5.41) is 0. The number of carbonyl (C=O) groups excluding carboxylic acids is 4. The van der Waals surface area contributed by atoms with E-state index in [4.69, 9.17) is 0 Å². The standard InChI is InChI=1S/C28H14N2O4S3/c31-25-17-13-21(36-23(17)27(33)29(25)15-7-3-1-4-8-15)19-11-12-20(35-19)22-14-18-24(37-22)28(34)30(26(18)32)16-9-5-2-6-10-16/h1-14H. The first-order chi connectivity index (χ1) is 18.0. The molecule has 2 aliphatic rings. The average molecular weight is 539 g/mol. The van der Waals surface area contributed by atoms with Gasteiger partial charge in [-0.15, -0.1) is 34.0 Å². The Morgan fingerprint density at radius 1 is 0.432 bits per heavy atom. The maximum Gasteiger partial charge on any atom is 0.276 e. The molecule has 0 spiro atoms. The minimum atomic E-state index is -0.319. The van der Waals surface area contributed by atoms with Gasteiger partial charge in [0.05, 0.1) is 22.5 Å². The lowest BCUT2D eigenvalue weighted by Crippen LogP contribution is -2.29. The van der Waals surface area contributed by atoms with Crippen LogP contribution in [-0.4, -0.2) is 23.6 Å². The molecule has 5 aromatic rings. The van der Waals surface area contributed by atoms with E-state index >= 15 is 0 Å². The monoisotopic (exact) mass is 538 g/mol. The molecule has 2 aromatic carbocycles. The summed E-state index contributed by atoms with van der Waals surface area (Å²) in [6, 6.07) is 25.2. The Balaban J connectivity index is 1.17. The fourth-order valence-electron chi connectivity index (χ4n) is 4.51. The Morgan fingerprint density at radius 2 is 0.838 bits per heavy atom. The van der Waals surface area contributed by atoms with Crippen molar-refractivity contribution in [1.29, 1.82) is 0 Å². The fraction of sp³-hybridized carbons (Fsp3) is 0. The van der Waals surface area contributed by atoms with Gasteiger partial charge in [-0.05, 0) is 48.5 Å². The highest BCUT2D eigenvalue weighted by Crippen LogP contribution is 2.45. The highest BCUT2D eigenvalue weighted by molar-refractivity contribution is 7.27. The van der Waals surface area contributed by atoms with Crippen molar-refractivity contribution in [2.45, 2.75) is 0 Å². The fourth-order valence-corrected chi connectivity index (χ4v) is 7.84. The zero-order valence-corrected chi connectivity index (χ0v) is 21.3. The molecule has 0 unspecified atom stereocenters. The van der Waals surface area contributed by atoms with Gasteiger partial charge in [-0.1, -0.05) is 36.4 Å². The van der Waals surface area contributed by atoms with Gasteiger partial charge in [0.15, 0.2) is 0 Å². The topological polar surface area (TPSA) is 74.8 Å². The Bertz CT molecular complexity index is 1570. The highest BCUT2D eigenvalue weighted by Gasteiger charge is 2.40. The number of hydrogen-bond donors (Lipinski definition) is 0. The first kappa shape index (κ1) is 22.1. The van der Waals surface area contributed by atoms with Gasteiger partial charge in [-0.2, -0.15) is 0 Å². The quantitative estimate of drug-likeness (QED) is 0.236. The third kappa shape index (κ3) is 3.28. The second kappa shape index (κ2) is 8.17. The lowest BCUT2D eigenvalue weighted by atomic mass is 10.2. The van der Waals surface area contributed by atoms with Gasteiger partial charge in [0.1, 0.15) is 9.75 Å². The summed E-state index contributed by atoms with van der Waals surface area (Å²) < 4.78 is 0. The van der Waals surface area contributed by atoms with Gasteiger partial charge in [0, 0.05) is 19.5 Å². The van der Waals surface area contributed by atoms with Crippen molar-refractivity contribution in [2.24, 2.45) is 0 Å². The SMILES string of the molecule is O=C1c2cc(-c3ccc(-c4cc5c(s4)C(=O)N(c4ccccc4)C5=O)s3)sc2C(=O)N1c1ccccc1. The molecular formula is C28H14N2O4S3. The van der Waals surface area contributed by atoms with E-state index in [1.54, 1.807) is 60.7 Å². The Morgan fingerprint density at radius 3 is 1.22 bits per heavy atom. The molecule has 4 amide bonds. The smallest absolute Gasteiger partial charge is 0.268 e. The summed E-state index contributed by atoms with van der Waals surface area (Å²) in [7, 11) is 0. The Kier molecular flexibility index (Phi) is 4.87. The van der Waals surface area contributed by atoms with Crippen LogP contribution in [0.1, 0.15) is 40.1 Å². The van der Waals surface area contributed by atoms with Crippen LogP contribution in [0.5, 0.6) is 0 Å². The van der Waals surface area contributed by atoms with Crippen molar-refractivity contribution in [3.05, 3.63) is 106 Å². The van der Waals surface area contributed by atoms with Crippen LogP contribution in [0.4, 0.5) is 11.4 Å². The molecule has 0 radical (unpaired) electrons. The van der Waals surface area contributed by atoms with E-state index in [2.05, 4.69) is 0 Å². The van der Waals surface area contributed by atoms with Crippen LogP contribution in [0.2, 0.25) is 0 Å². The molecule has 5 heterocycles. The molecule has 6 nitrogen and oxygen atoms in total. The van der Waals surface area contributed by atoms with Crippen LogP contribution in [0.3, 0.4) is 0 Å². The number of para-hydroxylation sites is 2. The van der Waals surface area contributed by atoms with Crippen molar-refractivity contribution < 1.29 is 19.2 Å². The summed E-state index contributed by atoms with van der Waals surface area (Å²) in [4.78, 5) is 58.8. The van der Waals surface area contributed by atoms with Crippen molar-refractivity contribution >= 4 is 69.0 Å². The summed E-state index contributed by atoms with van der Waals surface area (Å²) in [5.74, 6) is -1.26. The van der Waals surface area contributed by atoms with E-state index in [1.807, 2.05) is 24.3 Å². The Labute approximate surface area is 222 Å². The van der Waals surface area contributed by atoms with E-state index in [-0.39, 0.29) is 23.6 Å². The van der Waals surface area contributed by atoms with Crippen LogP contribution in [0.25, 0.3) is 19.5 Å². The largest absolute Gasteiger partial charge is 0.276 e. The number of nitrogens with zero attached hydrogens (tertiary/aromatic N) is 2. The maximum atomic E-state index is 13.0. The number of imide groups is 2. The zero-order chi connectivity index (χ0) is 25.3. The van der Waals surface area contributed by atoms with Gasteiger partial charge in [0.2, 0.25) is 0 Å². The van der Waals surface area contributed by atoms with E-state index in [0.717, 1.165) is 19.5 Å². The molecule has 0 atom stereocenters. The number of fused-ring (bicyclic) bond motifs is 2. The van der Waals surface area contributed by atoms with Crippen molar-refractivity contribution in [3.63, 3.8) is 0 Å². The molecule has 3 aromatic heterocycles. The Hall–Kier alpha value is -4.18. The van der Waals surface area contributed by atoms with Crippen LogP contribution in [-0.2, 0) is 0 Å². The number of hydrogen-bond acceptors (Lipinski definition) is 7. The summed E-state index contributed by atoms with van der Waals surface area (Å²) in [6.45, 7) is 0. The lowest BCUT2D eigenvalue weighted by Gasteiger charge is -2.13. The van der Waals surface area contributed by atoms with Gasteiger partial charge < -0.3 is 0 Å². The van der Waals surface area contributed by atoms with Crippen LogP contribution in [0.15, 0.2) is 84.9 Å². The predicted octanol–water partition coefficient (Wildman–Crippen LogP) is 6.81. The van der Waals surface area contributed by atoms with Crippen molar-refractivity contribution in [2.75, 3.05) is 9.80 Å². The maximum absolute atomic E-state index is 13.0. The number of benzene rings is 2. The lowest BCUT2D eigenvalue weighted by molar-refractivity contribution is 0.0911. The zero-order valence-electron chi connectivity index (χ0n) is 18.8. The number of thiophene rings is 3. The summed E-state index contributed by atoms with van der Waals surface area (Å²) >= 11 is 4.11. The molecule has 0 N–H and O–H groups in total. The predicted molar refractivity (Wildman–Crippen MR) is 146 cm³/mol. The molecular weight excluding hydrogens is 525 g/mol. The highest BCUT2D eigenvalue weighted by atomic mass is 32.1. The first-order valence-corrected chi connectivity index (χ1v) is 13.7. The van der Waals surface area contributed by atoms with Gasteiger partial charge in [0.25, 0.3) is 23.6 Å². The number of rotatable bonds is 4. The van der Waals surface area contributed by atoms with E-state index in [9.17, 15) is 19.2 Å². The third-order valence-corrected chi connectivity index (χ3v) is 9.97. The summed E-state index contributed by atoms with van der Waals surface area (Å²) in [6.07, 6.45) is 0. The van der Waals surface area contributed by atoms with Crippen LogP contribution >= 0.6 is 34.0 Å². The minimum Gasteiger partial charge on any atom is -0.268 e. The van der Waals surface area contributed by atoms with Crippen molar-refractivity contribution in [1.82, 2.24) is 0 Å². The van der Waals surface area contributed by atoms with E-state index in [0.29, 0.717) is 32.3 Å². The van der Waals surface area contributed by atoms with Gasteiger partial charge >= 0.3 is 0 Å². The second-order valence-electron chi connectivity index (χ2n) is 8.43. The summed E-state index contributed by atoms with van der Waals surface area (Å²) in [5.41, 5.74) is 1.94. The molecule has 178 valence electrons. The van der Waals surface area contributed by atoms with E-state index < -0.39 is 0 Å². The van der Waals surface area contributed by atoms with E-state index in [1.165, 1.54) is 43.8 Å². The molecule has 0 saturated heterocycles.